The van der Waals surface area contributed by atoms with Gasteiger partial charge < -0.3 is 48.3 Å². The van der Waals surface area contributed by atoms with Crippen LogP contribution in [0.25, 0.3) is 43.6 Å². The summed E-state index contributed by atoms with van der Waals surface area (Å²) in [6.45, 7) is 44.3. The number of rotatable bonds is 14. The molecular formula is C111H148N10. The summed E-state index contributed by atoms with van der Waals surface area (Å²) < 4.78 is 4.70. The van der Waals surface area contributed by atoms with Gasteiger partial charge in [-0.1, -0.05) is 246 Å². The van der Waals surface area contributed by atoms with Gasteiger partial charge in [-0.3, -0.25) is 0 Å². The van der Waals surface area contributed by atoms with Gasteiger partial charge in [0.1, 0.15) is 0 Å². The molecule has 0 aliphatic carbocycles. The number of hydrogen-bond donors (Lipinski definition) is 0. The maximum Gasteiger partial charge on any atom is 0.0524 e. The Kier molecular flexibility index (Phi) is 40.0. The van der Waals surface area contributed by atoms with E-state index in [0.29, 0.717) is 0 Å². The van der Waals surface area contributed by atoms with E-state index in [9.17, 15) is 0 Å². The number of fused-ring (bicyclic) bond motifs is 8. The predicted octanol–water partition coefficient (Wildman–Crippen LogP) is 27.2. The molecule has 642 valence electrons. The molecule has 0 radical (unpaired) electrons. The molecule has 17 rings (SSSR count). The second kappa shape index (κ2) is 50.0. The van der Waals surface area contributed by atoms with Crippen molar-refractivity contribution in [1.82, 2.24) is 9.13 Å². The van der Waals surface area contributed by atoms with Crippen LogP contribution in [0, 0.1) is 55.4 Å². The van der Waals surface area contributed by atoms with E-state index in [1.54, 1.807) is 0 Å². The third kappa shape index (κ3) is 26.8. The predicted molar refractivity (Wildman–Crippen MR) is 541 cm³/mol. The molecule has 2 aromatic heterocycles. The average molecular weight is 1620 g/mol. The Balaban J connectivity index is 0.000000185. The molecule has 0 saturated carbocycles. The zero-order valence-corrected chi connectivity index (χ0v) is 78.9. The Morgan fingerprint density at radius 2 is 0.488 bits per heavy atom. The fourth-order valence-electron chi connectivity index (χ4n) is 16.2. The van der Waals surface area contributed by atoms with Gasteiger partial charge in [0.15, 0.2) is 0 Å². The Hall–Kier alpha value is -11.4. The second-order valence-electron chi connectivity index (χ2n) is 32.0. The van der Waals surface area contributed by atoms with Gasteiger partial charge in [0, 0.05) is 206 Å². The molecule has 3 aliphatic rings. The zero-order valence-electron chi connectivity index (χ0n) is 78.9. The van der Waals surface area contributed by atoms with Crippen LogP contribution >= 0.6 is 0 Å². The molecule has 0 spiro atoms. The van der Waals surface area contributed by atoms with Crippen molar-refractivity contribution < 1.29 is 0 Å². The number of benzene rings is 12. The van der Waals surface area contributed by atoms with Gasteiger partial charge >= 0.3 is 0 Å². The van der Waals surface area contributed by atoms with Gasteiger partial charge in [-0.05, 0) is 231 Å². The fourth-order valence-corrected chi connectivity index (χ4v) is 16.2. The lowest BCUT2D eigenvalue weighted by Gasteiger charge is -2.20. The van der Waals surface area contributed by atoms with Crippen molar-refractivity contribution in [2.45, 2.75) is 149 Å². The summed E-state index contributed by atoms with van der Waals surface area (Å²) in [7, 11) is 19.2. The molecule has 12 aromatic carbocycles. The molecule has 5 heterocycles. The quantitative estimate of drug-likeness (QED) is 0.107. The topological polar surface area (TPSA) is 35.8 Å². The molecule has 0 saturated heterocycles. The lowest BCUT2D eigenvalue weighted by molar-refractivity contribution is 0.796. The Labute approximate surface area is 732 Å². The van der Waals surface area contributed by atoms with Crippen LogP contribution in [0.3, 0.4) is 0 Å². The van der Waals surface area contributed by atoms with E-state index >= 15 is 0 Å². The number of aromatic nitrogens is 2. The van der Waals surface area contributed by atoms with Crippen molar-refractivity contribution in [3.63, 3.8) is 0 Å². The van der Waals surface area contributed by atoms with Gasteiger partial charge in [-0.25, -0.2) is 0 Å². The van der Waals surface area contributed by atoms with Crippen molar-refractivity contribution in [2.75, 3.05) is 148 Å². The summed E-state index contributed by atoms with van der Waals surface area (Å²) in [5.41, 5.74) is 31.8. The summed E-state index contributed by atoms with van der Waals surface area (Å²) in [4.78, 5) is 18.3. The fraction of sp³-hybridized carbons (Fsp3) is 0.351. The van der Waals surface area contributed by atoms with Crippen LogP contribution in [0.1, 0.15) is 129 Å². The summed E-state index contributed by atoms with van der Waals surface area (Å²) in [5.74, 6) is 0. The molecule has 0 N–H and O–H groups in total. The molecule has 0 amide bonds. The van der Waals surface area contributed by atoms with E-state index in [-0.39, 0.29) is 0 Å². The highest BCUT2D eigenvalue weighted by Gasteiger charge is 2.20. The van der Waals surface area contributed by atoms with Crippen LogP contribution in [0.2, 0.25) is 0 Å². The lowest BCUT2D eigenvalue weighted by atomic mass is 10.1. The highest BCUT2D eigenvalue weighted by atomic mass is 15.1. The molecule has 0 atom stereocenters. The van der Waals surface area contributed by atoms with Crippen LogP contribution in [0.4, 0.5) is 45.5 Å². The number of likely N-dealkylation sites (N-methyl/N-ethyl adjacent to an activating group) is 2. The van der Waals surface area contributed by atoms with E-state index in [2.05, 4.69) is 482 Å². The number of nitrogens with zero attached hydrogens (tertiary/aromatic N) is 10. The number of anilines is 8. The minimum absolute atomic E-state index is 1.06. The molecular weight excluding hydrogens is 1470 g/mol. The van der Waals surface area contributed by atoms with E-state index in [0.717, 1.165) is 45.8 Å². The molecule has 14 aromatic rings. The summed E-state index contributed by atoms with van der Waals surface area (Å²) in [6, 6.07) is 96.3. The molecule has 0 bridgehead atoms. The summed E-state index contributed by atoms with van der Waals surface area (Å²) in [5, 5.41) is 5.49. The molecule has 0 fully saturated rings. The number of para-hydroxylation sites is 12. The van der Waals surface area contributed by atoms with Gasteiger partial charge in [-0.2, -0.15) is 0 Å². The first-order valence-corrected chi connectivity index (χ1v) is 44.5. The van der Waals surface area contributed by atoms with Crippen LogP contribution in [-0.4, -0.2) is 118 Å². The summed E-state index contributed by atoms with van der Waals surface area (Å²) in [6.07, 6.45) is 6.02. The number of aryl methyl sites for hydroxylation is 11. The third-order valence-corrected chi connectivity index (χ3v) is 23.3. The van der Waals surface area contributed by atoms with Gasteiger partial charge in [0.2, 0.25) is 0 Å². The van der Waals surface area contributed by atoms with Crippen LogP contribution in [-0.2, 0) is 32.9 Å². The SMILES string of the molecule is CC.CCCN(C)c1ccccc1C.CCCN(C)c1ccccc1C.CCN(C)c1ccccc1C.CCN(C)c1ccccc1C.CCN(C)c1ccccc1C.CCN(C)c1ccccc1C.Cc1cccc2c1N(C)CC2.Cc1cccc2c1N(C)CC2.Cn1c2ccccc2c2ccccc21.c1ccc2c(c1)c1cccc3c1n2CC3. The minimum atomic E-state index is 1.06. The van der Waals surface area contributed by atoms with E-state index < -0.39 is 0 Å². The molecule has 10 heteroatoms. The number of hydrogen-bond acceptors (Lipinski definition) is 8. The maximum absolute atomic E-state index is 2.46. The average Bonchev–Trinajstić information content (AvgIpc) is 1.57. The first kappa shape index (κ1) is 96.8. The van der Waals surface area contributed by atoms with Crippen molar-refractivity contribution in [3.05, 3.63) is 334 Å². The zero-order chi connectivity index (χ0) is 88.1. The van der Waals surface area contributed by atoms with Crippen molar-refractivity contribution >= 4 is 89.1 Å². The molecule has 0 unspecified atom stereocenters. The smallest absolute Gasteiger partial charge is 0.0524 e. The van der Waals surface area contributed by atoms with Gasteiger partial charge in [-0.15, -0.1) is 0 Å². The van der Waals surface area contributed by atoms with Crippen LogP contribution < -0.4 is 39.2 Å². The van der Waals surface area contributed by atoms with E-state index in [4.69, 9.17) is 0 Å². The highest BCUT2D eigenvalue weighted by molar-refractivity contribution is 6.10. The van der Waals surface area contributed by atoms with E-state index in [1.165, 1.54) is 196 Å². The minimum Gasteiger partial charge on any atom is -0.375 e. The first-order valence-electron chi connectivity index (χ1n) is 44.5. The lowest BCUT2D eigenvalue weighted by Crippen LogP contribution is -2.18. The van der Waals surface area contributed by atoms with Crippen molar-refractivity contribution in [2.24, 2.45) is 7.05 Å². The Morgan fingerprint density at radius 1 is 0.248 bits per heavy atom. The first-order chi connectivity index (χ1) is 58.4. The van der Waals surface area contributed by atoms with Gasteiger partial charge in [0.25, 0.3) is 0 Å². The molecule has 3 aliphatic heterocycles. The monoisotopic (exact) mass is 1620 g/mol. The van der Waals surface area contributed by atoms with Gasteiger partial charge in [0.05, 0.1) is 5.52 Å². The highest BCUT2D eigenvalue weighted by Crippen LogP contribution is 2.36. The maximum atomic E-state index is 2.46. The van der Waals surface area contributed by atoms with Crippen molar-refractivity contribution in [1.29, 1.82) is 0 Å². The Morgan fingerprint density at radius 3 is 0.785 bits per heavy atom. The standard InChI is InChI=1S/C14H11N.C13H11N.2C11H17N.2C10H13N.4C10H15N.C2H6/c1-2-7-13-11(5-1)12-6-3-4-10-8-9-15(13)14(10)12;1-14-12-8-4-2-6-10(12)11-7-3-5-9-13(11)14;2*1-4-9-12(3)11-8-6-5-7-10(11)2;2*1-8-4-3-5-9-6-7-11(2)10(8)9;4*1-4-11(3)10-8-6-5-7-9(10)2;1-2/h1-7H,8-9H2;2-9H,1H3;2*5-8H,4,9H2,1-3H3;2*3-5H,6-7H2,1-2H3;4*5-8H,4H2,1-3H3;1-2H3. The normalized spacial score (nSPS) is 11.4. The largest absolute Gasteiger partial charge is 0.375 e. The van der Waals surface area contributed by atoms with Crippen LogP contribution in [0.15, 0.2) is 273 Å². The van der Waals surface area contributed by atoms with E-state index in [1.807, 2.05) is 13.8 Å². The molecule has 121 heavy (non-hydrogen) atoms. The molecule has 10 nitrogen and oxygen atoms in total. The van der Waals surface area contributed by atoms with Crippen LogP contribution in [0.5, 0.6) is 0 Å². The Bertz CT molecular complexity index is 5020. The van der Waals surface area contributed by atoms with Crippen molar-refractivity contribution in [3.8, 4) is 0 Å². The third-order valence-electron chi connectivity index (χ3n) is 23.3. The summed E-state index contributed by atoms with van der Waals surface area (Å²) >= 11 is 0. The second-order valence-corrected chi connectivity index (χ2v) is 32.0.